The van der Waals surface area contributed by atoms with Crippen LogP contribution in [-0.4, -0.2) is 62.3 Å². The predicted molar refractivity (Wildman–Crippen MR) is 117 cm³/mol. The fourth-order valence-electron chi connectivity index (χ4n) is 4.99. The Morgan fingerprint density at radius 2 is 2.03 bits per heavy atom. The zero-order valence-electron chi connectivity index (χ0n) is 17.8. The summed E-state index contributed by atoms with van der Waals surface area (Å²) in [5, 5.41) is 27.8. The summed E-state index contributed by atoms with van der Waals surface area (Å²) in [4.78, 5) is 9.12. The number of likely N-dealkylation sites (tertiary alicyclic amines) is 1. The van der Waals surface area contributed by atoms with Gasteiger partial charge in [0.1, 0.15) is 18.5 Å². The average Bonchev–Trinajstić information content (AvgIpc) is 3.42. The lowest BCUT2D eigenvalue weighted by molar-refractivity contribution is 0.0633. The molecular weight excluding hydrogens is 390 g/mol. The van der Waals surface area contributed by atoms with Gasteiger partial charge in [0.15, 0.2) is 5.65 Å². The molecule has 1 spiro atoms. The van der Waals surface area contributed by atoms with Crippen LogP contribution < -0.4 is 4.90 Å². The molecule has 8 heteroatoms. The molecule has 8 nitrogen and oxygen atoms in total. The highest BCUT2D eigenvalue weighted by Gasteiger charge is 2.41. The fraction of sp³-hybridized carbons (Fsp3) is 0.478. The summed E-state index contributed by atoms with van der Waals surface area (Å²) < 4.78 is 1.98. The highest BCUT2D eigenvalue weighted by Crippen LogP contribution is 2.42. The van der Waals surface area contributed by atoms with Gasteiger partial charge in [0.2, 0.25) is 0 Å². The molecule has 2 aliphatic rings. The van der Waals surface area contributed by atoms with E-state index in [-0.39, 0.29) is 0 Å². The molecule has 0 saturated carbocycles. The number of nitrogens with zero attached hydrogens (tertiary/aromatic N) is 7. The molecule has 0 unspecified atom stereocenters. The minimum Gasteiger partial charge on any atom is -0.385 e. The van der Waals surface area contributed by atoms with Crippen molar-refractivity contribution in [3.8, 4) is 6.07 Å². The van der Waals surface area contributed by atoms with Gasteiger partial charge in [-0.15, -0.1) is 10.2 Å². The summed E-state index contributed by atoms with van der Waals surface area (Å²) in [5.41, 5.74) is 4.52. The number of hydrogen-bond donors (Lipinski definition) is 1. The van der Waals surface area contributed by atoms with E-state index in [1.54, 1.807) is 12.5 Å². The summed E-state index contributed by atoms with van der Waals surface area (Å²) in [6.45, 7) is 6.60. The molecule has 3 aromatic heterocycles. The number of β-amino-alcohol motifs (C(OH)–C–C–N with tert-alkyl or cyclic N) is 1. The maximum absolute atomic E-state index is 10.7. The van der Waals surface area contributed by atoms with Crippen molar-refractivity contribution in [3.63, 3.8) is 0 Å². The van der Waals surface area contributed by atoms with Gasteiger partial charge in [0, 0.05) is 32.0 Å². The van der Waals surface area contributed by atoms with E-state index >= 15 is 0 Å². The molecule has 0 bridgehead atoms. The van der Waals surface area contributed by atoms with Crippen molar-refractivity contribution in [1.29, 1.82) is 5.26 Å². The highest BCUT2D eigenvalue weighted by molar-refractivity contribution is 5.52. The van der Waals surface area contributed by atoms with Crippen LogP contribution in [-0.2, 0) is 0 Å². The van der Waals surface area contributed by atoms with Gasteiger partial charge in [0.05, 0.1) is 16.9 Å². The molecule has 2 aliphatic heterocycles. The normalized spacial score (nSPS) is 19.7. The molecule has 3 aromatic rings. The van der Waals surface area contributed by atoms with Crippen molar-refractivity contribution in [1.82, 2.24) is 24.5 Å². The minimum absolute atomic E-state index is 0.354. The van der Waals surface area contributed by atoms with E-state index in [2.05, 4.69) is 43.3 Å². The Morgan fingerprint density at radius 1 is 1.23 bits per heavy atom. The Hall–Kier alpha value is -3.02. The first-order chi connectivity index (χ1) is 15.0. The van der Waals surface area contributed by atoms with Crippen LogP contribution in [0.25, 0.3) is 5.65 Å². The van der Waals surface area contributed by atoms with Gasteiger partial charge in [-0.25, -0.2) is 0 Å². The maximum Gasteiger partial charge on any atom is 0.160 e. The summed E-state index contributed by atoms with van der Waals surface area (Å²) in [7, 11) is 0. The lowest BCUT2D eigenvalue weighted by Crippen LogP contribution is -2.43. The Morgan fingerprint density at radius 3 is 2.81 bits per heavy atom. The number of aryl methyl sites for hydroxylation is 1. The van der Waals surface area contributed by atoms with Gasteiger partial charge in [-0.1, -0.05) is 0 Å². The lowest BCUT2D eigenvalue weighted by Gasteiger charge is -2.40. The summed E-state index contributed by atoms with van der Waals surface area (Å²) in [6, 6.07) is 8.12. The highest BCUT2D eigenvalue weighted by atomic mass is 16.3. The second-order valence-corrected chi connectivity index (χ2v) is 9.01. The Balaban J connectivity index is 1.18. The SMILES string of the molecule is Cc1cc([C@@H](O)CN2CCC3(CC2)CCN(c2ccc4nncn4c2)C3)ncc1C#N. The molecule has 0 radical (unpaired) electrons. The van der Waals surface area contributed by atoms with Crippen molar-refractivity contribution in [2.75, 3.05) is 37.6 Å². The first-order valence-electron chi connectivity index (χ1n) is 10.9. The third-order valence-corrected chi connectivity index (χ3v) is 7.02. The van der Waals surface area contributed by atoms with E-state index in [0.717, 1.165) is 50.2 Å². The van der Waals surface area contributed by atoms with E-state index in [4.69, 9.17) is 5.26 Å². The predicted octanol–water partition coefficient (Wildman–Crippen LogP) is 2.33. The van der Waals surface area contributed by atoms with Gasteiger partial charge in [-0.2, -0.15) is 5.26 Å². The Kier molecular flexibility index (Phi) is 5.08. The van der Waals surface area contributed by atoms with E-state index < -0.39 is 6.10 Å². The number of aromatic nitrogens is 4. The zero-order valence-corrected chi connectivity index (χ0v) is 17.8. The van der Waals surface area contributed by atoms with Gasteiger partial charge < -0.3 is 14.9 Å². The number of nitriles is 1. The van der Waals surface area contributed by atoms with E-state index in [1.807, 2.05) is 23.5 Å². The number of fused-ring (bicyclic) bond motifs is 1. The smallest absolute Gasteiger partial charge is 0.160 e. The fourth-order valence-corrected chi connectivity index (χ4v) is 4.99. The number of aliphatic hydroxyl groups excluding tert-OH is 1. The molecule has 2 fully saturated rings. The first kappa shape index (κ1) is 19.9. The largest absolute Gasteiger partial charge is 0.385 e. The monoisotopic (exact) mass is 417 g/mol. The number of hydrogen-bond acceptors (Lipinski definition) is 7. The molecule has 1 atom stereocenters. The minimum atomic E-state index is -0.629. The molecule has 0 aromatic carbocycles. The van der Waals surface area contributed by atoms with Crippen molar-refractivity contribution in [2.24, 2.45) is 5.41 Å². The molecule has 31 heavy (non-hydrogen) atoms. The van der Waals surface area contributed by atoms with Crippen molar-refractivity contribution in [3.05, 3.63) is 53.7 Å². The standard InChI is InChI=1S/C23H27N7O/c1-17-10-20(25-12-18(17)11-24)21(31)14-28-7-4-23(5-8-28)6-9-29(15-23)19-2-3-22-27-26-16-30(22)13-19/h2-3,10,12-13,16,21,31H,4-9,14-15H2,1H3/t21-/m0/s1. The molecule has 160 valence electrons. The van der Waals surface area contributed by atoms with Crippen molar-refractivity contribution >= 4 is 11.3 Å². The topological polar surface area (TPSA) is 93.6 Å². The van der Waals surface area contributed by atoms with Gasteiger partial charge in [-0.3, -0.25) is 9.38 Å². The second-order valence-electron chi connectivity index (χ2n) is 9.01. The van der Waals surface area contributed by atoms with Gasteiger partial charge in [0.25, 0.3) is 0 Å². The van der Waals surface area contributed by atoms with Crippen LogP contribution in [0.2, 0.25) is 0 Å². The second kappa shape index (κ2) is 7.91. The number of rotatable bonds is 4. The number of anilines is 1. The number of pyridine rings is 2. The van der Waals surface area contributed by atoms with Crippen molar-refractivity contribution < 1.29 is 5.11 Å². The summed E-state index contributed by atoms with van der Waals surface area (Å²) in [5.74, 6) is 0. The lowest BCUT2D eigenvalue weighted by atomic mass is 9.77. The zero-order chi connectivity index (χ0) is 21.4. The van der Waals surface area contributed by atoms with E-state index in [1.165, 1.54) is 12.1 Å². The summed E-state index contributed by atoms with van der Waals surface area (Å²) >= 11 is 0. The third-order valence-electron chi connectivity index (χ3n) is 7.02. The Bertz CT molecular complexity index is 1130. The third kappa shape index (κ3) is 3.87. The average molecular weight is 418 g/mol. The van der Waals surface area contributed by atoms with Crippen LogP contribution in [0.5, 0.6) is 0 Å². The molecule has 2 saturated heterocycles. The van der Waals surface area contributed by atoms with Gasteiger partial charge >= 0.3 is 0 Å². The molecule has 0 aliphatic carbocycles. The molecule has 1 N–H and O–H groups in total. The van der Waals surface area contributed by atoms with Crippen molar-refractivity contribution in [2.45, 2.75) is 32.3 Å². The van der Waals surface area contributed by atoms with Crippen LogP contribution >= 0.6 is 0 Å². The van der Waals surface area contributed by atoms with Crippen LogP contribution in [0.4, 0.5) is 5.69 Å². The van der Waals surface area contributed by atoms with E-state index in [0.29, 0.717) is 23.2 Å². The van der Waals surface area contributed by atoms with Gasteiger partial charge in [-0.05, 0) is 68.5 Å². The Labute approximate surface area is 181 Å². The van der Waals surface area contributed by atoms with Crippen LogP contribution in [0.3, 0.4) is 0 Å². The molecule has 5 heterocycles. The quantitative estimate of drug-likeness (QED) is 0.696. The molecule has 5 rings (SSSR count). The van der Waals surface area contributed by atoms with E-state index in [9.17, 15) is 5.11 Å². The van der Waals surface area contributed by atoms with Crippen LogP contribution in [0.1, 0.15) is 42.2 Å². The summed E-state index contributed by atoms with van der Waals surface area (Å²) in [6.07, 6.45) is 8.29. The molecule has 0 amide bonds. The maximum atomic E-state index is 10.7. The van der Waals surface area contributed by atoms with Crippen LogP contribution in [0, 0.1) is 23.7 Å². The first-order valence-corrected chi connectivity index (χ1v) is 10.9. The van der Waals surface area contributed by atoms with Crippen LogP contribution in [0.15, 0.2) is 36.9 Å². The number of aliphatic hydroxyl groups is 1. The number of piperidine rings is 1. The molecular formula is C23H27N7O.